The SMILES string of the molecule is Cc1ccc([I+]c2ccc(C#N)cc2)cc1. The fourth-order valence-corrected chi connectivity index (χ4v) is 3.47. The van der Waals surface area contributed by atoms with Gasteiger partial charge < -0.3 is 0 Å². The lowest BCUT2D eigenvalue weighted by molar-refractivity contribution is -0.597. The van der Waals surface area contributed by atoms with Crippen molar-refractivity contribution in [2.24, 2.45) is 0 Å². The second-order valence-electron chi connectivity index (χ2n) is 3.51. The predicted octanol–water partition coefficient (Wildman–Crippen LogP) is -0.00490. The maximum absolute atomic E-state index is 8.71. The van der Waals surface area contributed by atoms with E-state index >= 15 is 0 Å². The van der Waals surface area contributed by atoms with E-state index in [1.54, 1.807) is 0 Å². The highest BCUT2D eigenvalue weighted by Gasteiger charge is 2.14. The molecule has 0 saturated carbocycles. The molecule has 0 spiro atoms. The molecule has 0 aliphatic rings. The Morgan fingerprint density at radius 1 is 0.875 bits per heavy atom. The van der Waals surface area contributed by atoms with Crippen molar-refractivity contribution in [3.8, 4) is 6.07 Å². The lowest BCUT2D eigenvalue weighted by Gasteiger charge is -1.89. The summed E-state index contributed by atoms with van der Waals surface area (Å²) in [5, 5.41) is 8.71. The lowest BCUT2D eigenvalue weighted by atomic mass is 10.2. The monoisotopic (exact) mass is 320 g/mol. The number of halogens is 1. The molecule has 2 heteroatoms. The molecular weight excluding hydrogens is 309 g/mol. The number of rotatable bonds is 2. The largest absolute Gasteiger partial charge is 0.357 e. The molecule has 0 N–H and O–H groups in total. The lowest BCUT2D eigenvalue weighted by Crippen LogP contribution is -3.61. The van der Waals surface area contributed by atoms with Crippen molar-refractivity contribution in [1.82, 2.24) is 0 Å². The number of benzene rings is 2. The van der Waals surface area contributed by atoms with Crippen LogP contribution in [0.2, 0.25) is 0 Å². The van der Waals surface area contributed by atoms with E-state index in [2.05, 4.69) is 49.4 Å². The van der Waals surface area contributed by atoms with Crippen molar-refractivity contribution in [3.05, 3.63) is 66.8 Å². The van der Waals surface area contributed by atoms with Crippen molar-refractivity contribution in [2.45, 2.75) is 6.92 Å². The number of hydrogen-bond donors (Lipinski definition) is 0. The van der Waals surface area contributed by atoms with E-state index in [9.17, 15) is 0 Å². The third kappa shape index (κ3) is 2.83. The Bertz CT molecular complexity index is 506. The summed E-state index contributed by atoms with van der Waals surface area (Å²) in [5.41, 5.74) is 2.03. The minimum absolute atomic E-state index is 0.112. The van der Waals surface area contributed by atoms with Gasteiger partial charge in [-0.25, -0.2) is 0 Å². The summed E-state index contributed by atoms with van der Waals surface area (Å²) in [6.45, 7) is 2.10. The first-order valence-electron chi connectivity index (χ1n) is 4.99. The van der Waals surface area contributed by atoms with Crippen LogP contribution in [-0.2, 0) is 0 Å². The normalized spacial score (nSPS) is 9.75. The Morgan fingerprint density at radius 3 is 1.88 bits per heavy atom. The van der Waals surface area contributed by atoms with E-state index in [1.165, 1.54) is 12.7 Å². The summed E-state index contributed by atoms with van der Waals surface area (Å²) in [5.74, 6) is 0. The van der Waals surface area contributed by atoms with Crippen LogP contribution >= 0.6 is 0 Å². The maximum Gasteiger partial charge on any atom is 0.357 e. The minimum atomic E-state index is -0.112. The average Bonchev–Trinajstić information content (AvgIpc) is 2.33. The minimum Gasteiger partial charge on any atom is -0.192 e. The van der Waals surface area contributed by atoms with Gasteiger partial charge in [0.1, 0.15) is 0 Å². The van der Waals surface area contributed by atoms with Gasteiger partial charge in [-0.3, -0.25) is 0 Å². The first-order chi connectivity index (χ1) is 7.78. The molecule has 0 heterocycles. The molecule has 2 aromatic carbocycles. The zero-order valence-electron chi connectivity index (χ0n) is 8.94. The van der Waals surface area contributed by atoms with Crippen LogP contribution in [-0.4, -0.2) is 0 Å². The van der Waals surface area contributed by atoms with E-state index in [0.717, 1.165) is 5.56 Å². The van der Waals surface area contributed by atoms with Crippen molar-refractivity contribution in [2.75, 3.05) is 0 Å². The molecule has 0 radical (unpaired) electrons. The topological polar surface area (TPSA) is 23.8 Å². The number of aryl methyl sites for hydroxylation is 1. The van der Waals surface area contributed by atoms with Crippen LogP contribution < -0.4 is 21.2 Å². The second kappa shape index (κ2) is 5.13. The highest BCUT2D eigenvalue weighted by molar-refractivity contribution is 5.27. The molecule has 1 nitrogen and oxygen atoms in total. The van der Waals surface area contributed by atoms with Gasteiger partial charge in [-0.05, 0) is 43.3 Å². The van der Waals surface area contributed by atoms with Crippen molar-refractivity contribution < 1.29 is 21.2 Å². The third-order valence-corrected chi connectivity index (χ3v) is 4.89. The van der Waals surface area contributed by atoms with Crippen LogP contribution in [0.15, 0.2) is 48.5 Å². The van der Waals surface area contributed by atoms with Gasteiger partial charge in [0.2, 0.25) is 0 Å². The van der Waals surface area contributed by atoms with Crippen LogP contribution in [0.4, 0.5) is 0 Å². The molecule has 78 valence electrons. The van der Waals surface area contributed by atoms with Crippen molar-refractivity contribution >= 4 is 0 Å². The molecule has 0 saturated heterocycles. The molecule has 2 aromatic rings. The van der Waals surface area contributed by atoms with Crippen LogP contribution in [0.25, 0.3) is 0 Å². The molecule has 0 bridgehead atoms. The molecule has 2 rings (SSSR count). The van der Waals surface area contributed by atoms with Crippen LogP contribution in [0.3, 0.4) is 0 Å². The molecule has 0 aliphatic heterocycles. The van der Waals surface area contributed by atoms with E-state index in [-0.39, 0.29) is 21.2 Å². The summed E-state index contributed by atoms with van der Waals surface area (Å²) < 4.78 is 2.76. The molecule has 0 aromatic heterocycles. The number of nitrogens with zero attached hydrogens (tertiary/aromatic N) is 1. The predicted molar refractivity (Wildman–Crippen MR) is 59.7 cm³/mol. The zero-order chi connectivity index (χ0) is 11.4. The first-order valence-corrected chi connectivity index (χ1v) is 7.15. The van der Waals surface area contributed by atoms with Gasteiger partial charge >= 0.3 is 21.2 Å². The van der Waals surface area contributed by atoms with Gasteiger partial charge in [-0.2, -0.15) is 5.26 Å². The zero-order valence-corrected chi connectivity index (χ0v) is 11.1. The van der Waals surface area contributed by atoms with E-state index in [0.29, 0.717) is 0 Å². The Morgan fingerprint density at radius 2 is 1.38 bits per heavy atom. The summed E-state index contributed by atoms with van der Waals surface area (Å²) in [7, 11) is 0. The highest BCUT2D eigenvalue weighted by atomic mass is 127. The summed E-state index contributed by atoms with van der Waals surface area (Å²) in [4.78, 5) is 0. The fourth-order valence-electron chi connectivity index (χ4n) is 1.31. The van der Waals surface area contributed by atoms with Gasteiger partial charge in [0, 0.05) is 0 Å². The third-order valence-electron chi connectivity index (χ3n) is 2.20. The van der Waals surface area contributed by atoms with Crippen molar-refractivity contribution in [3.63, 3.8) is 0 Å². The van der Waals surface area contributed by atoms with Crippen LogP contribution in [0, 0.1) is 25.4 Å². The van der Waals surface area contributed by atoms with Crippen molar-refractivity contribution in [1.29, 1.82) is 5.26 Å². The van der Waals surface area contributed by atoms with Gasteiger partial charge in [-0.15, -0.1) is 0 Å². The smallest absolute Gasteiger partial charge is 0.192 e. The average molecular weight is 320 g/mol. The summed E-state index contributed by atoms with van der Waals surface area (Å²) >= 11 is -0.112. The summed E-state index contributed by atoms with van der Waals surface area (Å²) in [6, 6.07) is 18.7. The molecule has 0 fully saturated rings. The van der Waals surface area contributed by atoms with Gasteiger partial charge in [-0.1, -0.05) is 17.7 Å². The van der Waals surface area contributed by atoms with Crippen LogP contribution in [0.5, 0.6) is 0 Å². The first kappa shape index (κ1) is 11.2. The van der Waals surface area contributed by atoms with E-state index < -0.39 is 0 Å². The summed E-state index contributed by atoms with van der Waals surface area (Å²) in [6.07, 6.45) is 0. The fraction of sp³-hybridized carbons (Fsp3) is 0.0714. The molecule has 0 atom stereocenters. The maximum atomic E-state index is 8.71. The number of nitriles is 1. The standard InChI is InChI=1S/C14H11IN/c1-11-2-6-13(7-3-11)15-14-8-4-12(10-16)5-9-14/h2-9H,1H3/q+1. The highest BCUT2D eigenvalue weighted by Crippen LogP contribution is 1.96. The quantitative estimate of drug-likeness (QED) is 0.715. The van der Waals surface area contributed by atoms with Gasteiger partial charge in [0.05, 0.1) is 11.6 Å². The van der Waals surface area contributed by atoms with E-state index in [4.69, 9.17) is 5.26 Å². The number of hydrogen-bond acceptors (Lipinski definition) is 1. The van der Waals surface area contributed by atoms with E-state index in [1.807, 2.05) is 12.1 Å². The molecular formula is C14H11IN+. The molecule has 0 aliphatic carbocycles. The van der Waals surface area contributed by atoms with Gasteiger partial charge in [0.25, 0.3) is 0 Å². The Labute approximate surface area is 106 Å². The Hall–Kier alpha value is -1.34. The Kier molecular flexibility index (Phi) is 3.58. The molecule has 0 amide bonds. The Balaban J connectivity index is 2.15. The van der Waals surface area contributed by atoms with Crippen LogP contribution in [0.1, 0.15) is 11.1 Å². The van der Waals surface area contributed by atoms with Gasteiger partial charge in [0.15, 0.2) is 7.14 Å². The molecule has 16 heavy (non-hydrogen) atoms. The second-order valence-corrected chi connectivity index (χ2v) is 6.54. The molecule has 0 unspecified atom stereocenters.